The van der Waals surface area contributed by atoms with E-state index in [0.29, 0.717) is 18.5 Å². The Hall–Kier alpha value is -2.54. The third-order valence-corrected chi connectivity index (χ3v) is 4.22. The van der Waals surface area contributed by atoms with Crippen LogP contribution in [0.15, 0.2) is 43.1 Å². The molecule has 3 rings (SSSR count). The molecule has 7 nitrogen and oxygen atoms in total. The Morgan fingerprint density at radius 2 is 2.17 bits per heavy atom. The minimum absolute atomic E-state index is 0.145. The number of hydrogen-bond acceptors (Lipinski definition) is 6. The molecule has 0 spiro atoms. The molecule has 0 aliphatic carbocycles. The maximum absolute atomic E-state index is 12.5. The van der Waals surface area contributed by atoms with Crippen molar-refractivity contribution in [2.75, 3.05) is 31.6 Å². The van der Waals surface area contributed by atoms with Crippen molar-refractivity contribution in [3.8, 4) is 0 Å². The number of carbonyl (C=O) groups is 1. The van der Waals surface area contributed by atoms with Crippen LogP contribution in [0, 0.1) is 0 Å². The summed E-state index contributed by atoms with van der Waals surface area (Å²) >= 11 is 0. The molecule has 126 valence electrons. The zero-order valence-corrected chi connectivity index (χ0v) is 13.7. The van der Waals surface area contributed by atoms with E-state index in [0.717, 1.165) is 18.8 Å². The number of nitrogens with zero attached hydrogens (tertiary/aromatic N) is 5. The summed E-state index contributed by atoms with van der Waals surface area (Å²) in [6.45, 7) is 1.51. The molecule has 2 aromatic rings. The van der Waals surface area contributed by atoms with E-state index in [1.54, 1.807) is 48.9 Å². The first-order chi connectivity index (χ1) is 11.6. The zero-order valence-electron chi connectivity index (χ0n) is 13.7. The Bertz CT molecular complexity index is 682. The van der Waals surface area contributed by atoms with Crippen molar-refractivity contribution in [1.82, 2.24) is 19.9 Å². The summed E-state index contributed by atoms with van der Waals surface area (Å²) in [6.07, 6.45) is 9.60. The number of amides is 1. The topological polar surface area (TPSA) is 82.5 Å². The van der Waals surface area contributed by atoms with E-state index in [9.17, 15) is 9.90 Å². The molecule has 1 amide bonds. The number of β-amino-alcohol motifs (C(OH)–C–C–N with tert-alkyl or cyclic N) is 1. The second-order valence-electron chi connectivity index (χ2n) is 6.22. The quantitative estimate of drug-likeness (QED) is 0.901. The Morgan fingerprint density at radius 1 is 1.33 bits per heavy atom. The van der Waals surface area contributed by atoms with Gasteiger partial charge in [-0.05, 0) is 25.0 Å². The van der Waals surface area contributed by atoms with Gasteiger partial charge in [0.2, 0.25) is 0 Å². The monoisotopic (exact) mass is 327 g/mol. The number of hydrogen-bond donors (Lipinski definition) is 1. The summed E-state index contributed by atoms with van der Waals surface area (Å²) in [5.41, 5.74) is -0.451. The number of pyridine rings is 1. The van der Waals surface area contributed by atoms with E-state index in [4.69, 9.17) is 0 Å². The highest BCUT2D eigenvalue weighted by atomic mass is 16.3. The fraction of sp³-hybridized carbons (Fsp3) is 0.412. The van der Waals surface area contributed by atoms with Gasteiger partial charge in [0.15, 0.2) is 0 Å². The van der Waals surface area contributed by atoms with Crippen LogP contribution in [-0.4, -0.2) is 63.1 Å². The highest BCUT2D eigenvalue weighted by molar-refractivity contribution is 5.93. The average molecular weight is 327 g/mol. The summed E-state index contributed by atoms with van der Waals surface area (Å²) in [7, 11) is 1.70. The molecule has 0 unspecified atom stereocenters. The Morgan fingerprint density at radius 3 is 2.88 bits per heavy atom. The van der Waals surface area contributed by atoms with Crippen LogP contribution < -0.4 is 4.90 Å². The Kier molecular flexibility index (Phi) is 4.71. The lowest BCUT2D eigenvalue weighted by atomic mass is 9.92. The van der Waals surface area contributed by atoms with Gasteiger partial charge in [0.05, 0.1) is 23.9 Å². The molecule has 1 N–H and O–H groups in total. The average Bonchev–Trinajstić information content (AvgIpc) is 2.62. The van der Waals surface area contributed by atoms with Crippen molar-refractivity contribution in [3.63, 3.8) is 0 Å². The minimum Gasteiger partial charge on any atom is -0.386 e. The van der Waals surface area contributed by atoms with Crippen molar-refractivity contribution in [2.45, 2.75) is 18.4 Å². The molecule has 0 bridgehead atoms. The van der Waals surface area contributed by atoms with Gasteiger partial charge < -0.3 is 14.9 Å². The second kappa shape index (κ2) is 6.92. The minimum atomic E-state index is -0.970. The lowest BCUT2D eigenvalue weighted by Gasteiger charge is -2.41. The maximum Gasteiger partial charge on any atom is 0.255 e. The molecule has 1 saturated heterocycles. The zero-order chi connectivity index (χ0) is 17.0. The number of aliphatic hydroxyl groups is 1. The molecule has 1 aliphatic rings. The molecule has 7 heteroatoms. The molecule has 0 saturated carbocycles. The van der Waals surface area contributed by atoms with Gasteiger partial charge in [-0.25, -0.2) is 4.98 Å². The number of piperidine rings is 1. The standard InChI is InChI=1S/C17H21N5O2/c1-21(16(23)14-4-2-6-18-10-14)12-17(24)5-3-9-22(13-17)15-11-19-7-8-20-15/h2,4,6-8,10-11,24H,3,5,9,12-13H2,1H3/t17-/m1/s1. The number of carbonyl (C=O) groups excluding carboxylic acids is 1. The van der Waals surface area contributed by atoms with E-state index < -0.39 is 5.60 Å². The molecular formula is C17H21N5O2. The van der Waals surface area contributed by atoms with Gasteiger partial charge in [0.25, 0.3) is 5.91 Å². The predicted molar refractivity (Wildman–Crippen MR) is 89.6 cm³/mol. The van der Waals surface area contributed by atoms with Gasteiger partial charge in [-0.15, -0.1) is 0 Å². The van der Waals surface area contributed by atoms with E-state index in [1.165, 1.54) is 6.20 Å². The van der Waals surface area contributed by atoms with Crippen LogP contribution in [0.25, 0.3) is 0 Å². The Balaban J connectivity index is 1.68. The van der Waals surface area contributed by atoms with Gasteiger partial charge in [-0.3, -0.25) is 14.8 Å². The second-order valence-corrected chi connectivity index (χ2v) is 6.22. The van der Waals surface area contributed by atoms with Crippen molar-refractivity contribution in [1.29, 1.82) is 0 Å². The molecule has 0 radical (unpaired) electrons. The first-order valence-electron chi connectivity index (χ1n) is 7.96. The first-order valence-corrected chi connectivity index (χ1v) is 7.96. The maximum atomic E-state index is 12.5. The molecule has 0 aromatic carbocycles. The van der Waals surface area contributed by atoms with Gasteiger partial charge in [-0.1, -0.05) is 0 Å². The summed E-state index contributed by atoms with van der Waals surface area (Å²) < 4.78 is 0. The third-order valence-electron chi connectivity index (χ3n) is 4.22. The molecule has 1 atom stereocenters. The van der Waals surface area contributed by atoms with Crippen LogP contribution in [0.1, 0.15) is 23.2 Å². The van der Waals surface area contributed by atoms with Crippen LogP contribution in [0.4, 0.5) is 5.82 Å². The fourth-order valence-electron chi connectivity index (χ4n) is 3.11. The smallest absolute Gasteiger partial charge is 0.255 e. The van der Waals surface area contributed by atoms with Gasteiger partial charge in [0, 0.05) is 44.9 Å². The summed E-state index contributed by atoms with van der Waals surface area (Å²) in [6, 6.07) is 3.45. The lowest BCUT2D eigenvalue weighted by molar-refractivity contribution is -0.000156. The Labute approximate surface area is 141 Å². The van der Waals surface area contributed by atoms with Crippen molar-refractivity contribution in [3.05, 3.63) is 48.7 Å². The number of aromatic nitrogens is 3. The molecule has 3 heterocycles. The lowest BCUT2D eigenvalue weighted by Crippen LogP contribution is -2.54. The normalized spacial score (nSPS) is 20.7. The van der Waals surface area contributed by atoms with E-state index in [1.807, 2.05) is 4.90 Å². The summed E-state index contributed by atoms with van der Waals surface area (Å²) in [5.74, 6) is 0.602. The van der Waals surface area contributed by atoms with Crippen molar-refractivity contribution in [2.24, 2.45) is 0 Å². The first kappa shape index (κ1) is 16.3. The van der Waals surface area contributed by atoms with Crippen molar-refractivity contribution < 1.29 is 9.90 Å². The van der Waals surface area contributed by atoms with E-state index in [2.05, 4.69) is 15.0 Å². The highest BCUT2D eigenvalue weighted by Gasteiger charge is 2.36. The molecular weight excluding hydrogens is 306 g/mol. The van der Waals surface area contributed by atoms with Gasteiger partial charge in [0.1, 0.15) is 5.82 Å². The van der Waals surface area contributed by atoms with E-state index in [-0.39, 0.29) is 12.5 Å². The summed E-state index contributed by atoms with van der Waals surface area (Å²) in [5, 5.41) is 11.0. The summed E-state index contributed by atoms with van der Waals surface area (Å²) in [4.78, 5) is 28.4. The molecule has 1 aliphatic heterocycles. The third kappa shape index (κ3) is 3.68. The fourth-order valence-corrected chi connectivity index (χ4v) is 3.11. The largest absolute Gasteiger partial charge is 0.386 e. The van der Waals surface area contributed by atoms with Crippen LogP contribution >= 0.6 is 0 Å². The molecule has 24 heavy (non-hydrogen) atoms. The number of rotatable bonds is 4. The van der Waals surface area contributed by atoms with Gasteiger partial charge in [-0.2, -0.15) is 0 Å². The van der Waals surface area contributed by atoms with Crippen LogP contribution in [0.3, 0.4) is 0 Å². The van der Waals surface area contributed by atoms with Gasteiger partial charge >= 0.3 is 0 Å². The van der Waals surface area contributed by atoms with Crippen LogP contribution in [-0.2, 0) is 0 Å². The number of likely N-dealkylation sites (N-methyl/N-ethyl adjacent to an activating group) is 1. The van der Waals surface area contributed by atoms with Crippen LogP contribution in [0.2, 0.25) is 0 Å². The highest BCUT2D eigenvalue weighted by Crippen LogP contribution is 2.25. The van der Waals surface area contributed by atoms with E-state index >= 15 is 0 Å². The molecule has 1 fully saturated rings. The number of anilines is 1. The van der Waals surface area contributed by atoms with Crippen molar-refractivity contribution >= 4 is 11.7 Å². The SMILES string of the molecule is CN(C[C@]1(O)CCCN(c2cnccn2)C1)C(=O)c1cccnc1. The molecule has 2 aromatic heterocycles. The predicted octanol–water partition coefficient (Wildman–Crippen LogP) is 0.975. The van der Waals surface area contributed by atoms with Crippen LogP contribution in [0.5, 0.6) is 0 Å².